The highest BCUT2D eigenvalue weighted by molar-refractivity contribution is 4.96. The van der Waals surface area contributed by atoms with E-state index < -0.39 is 0 Å². The van der Waals surface area contributed by atoms with E-state index in [1.807, 2.05) is 0 Å². The summed E-state index contributed by atoms with van der Waals surface area (Å²) in [6.45, 7) is 11.6. The summed E-state index contributed by atoms with van der Waals surface area (Å²) in [6.07, 6.45) is 12.2. The second-order valence-electron chi connectivity index (χ2n) is 9.41. The van der Waals surface area contributed by atoms with Crippen molar-refractivity contribution in [2.75, 3.05) is 59.8 Å². The molecular weight excluding hydrogens is 378 g/mol. The van der Waals surface area contributed by atoms with E-state index in [0.29, 0.717) is 6.04 Å². The maximum atomic E-state index is 6.06. The minimum absolute atomic E-state index is 0.214. The first-order valence-corrected chi connectivity index (χ1v) is 12.6. The SMILES string of the molecule is CCNC1(COCCCNC2(COCCCNC(CC)COC)CCC2)CCCC1. The lowest BCUT2D eigenvalue weighted by molar-refractivity contribution is 0.0233. The van der Waals surface area contributed by atoms with Gasteiger partial charge in [-0.05, 0) is 71.0 Å². The highest BCUT2D eigenvalue weighted by Crippen LogP contribution is 2.32. The van der Waals surface area contributed by atoms with Crippen molar-refractivity contribution < 1.29 is 14.2 Å². The number of methoxy groups -OCH3 is 1. The zero-order valence-electron chi connectivity index (χ0n) is 20.0. The summed E-state index contributed by atoms with van der Waals surface area (Å²) in [6, 6.07) is 0.457. The molecule has 0 spiro atoms. The van der Waals surface area contributed by atoms with E-state index in [9.17, 15) is 0 Å². The Balaban J connectivity index is 1.49. The molecule has 2 aliphatic rings. The lowest BCUT2D eigenvalue weighted by Crippen LogP contribution is -2.55. The lowest BCUT2D eigenvalue weighted by atomic mass is 9.77. The minimum atomic E-state index is 0.214. The van der Waals surface area contributed by atoms with Crippen LogP contribution in [0.15, 0.2) is 0 Å². The predicted octanol–water partition coefficient (Wildman–Crippen LogP) is 3.25. The van der Waals surface area contributed by atoms with Crippen LogP contribution in [0.4, 0.5) is 0 Å². The second-order valence-corrected chi connectivity index (χ2v) is 9.41. The number of hydrogen-bond donors (Lipinski definition) is 3. The summed E-state index contributed by atoms with van der Waals surface area (Å²) in [4.78, 5) is 0. The van der Waals surface area contributed by atoms with Gasteiger partial charge in [-0.2, -0.15) is 0 Å². The normalized spacial score (nSPS) is 20.9. The van der Waals surface area contributed by atoms with E-state index >= 15 is 0 Å². The van der Waals surface area contributed by atoms with Gasteiger partial charge in [-0.3, -0.25) is 0 Å². The van der Waals surface area contributed by atoms with Gasteiger partial charge < -0.3 is 30.2 Å². The molecular formula is C24H49N3O3. The Kier molecular flexibility index (Phi) is 12.8. The fourth-order valence-corrected chi connectivity index (χ4v) is 4.84. The summed E-state index contributed by atoms with van der Waals surface area (Å²) in [5.41, 5.74) is 0.465. The third-order valence-corrected chi connectivity index (χ3v) is 6.90. The molecule has 0 aliphatic heterocycles. The van der Waals surface area contributed by atoms with Gasteiger partial charge in [0, 0.05) is 37.4 Å². The summed E-state index contributed by atoms with van der Waals surface area (Å²) >= 11 is 0. The number of rotatable bonds is 19. The van der Waals surface area contributed by atoms with E-state index in [-0.39, 0.29) is 11.1 Å². The lowest BCUT2D eigenvalue weighted by Gasteiger charge is -2.42. The Morgan fingerprint density at radius 3 is 1.93 bits per heavy atom. The average Bonchev–Trinajstić information content (AvgIpc) is 3.18. The third-order valence-electron chi connectivity index (χ3n) is 6.90. The molecule has 6 nitrogen and oxygen atoms in total. The molecule has 0 radical (unpaired) electrons. The standard InChI is InChI=1S/C24H49N3O3/c1-4-22(19-28-3)25-15-9-17-29-21-24(13-8-14-24)27-16-10-18-30-20-23(26-5-2)11-6-7-12-23/h22,25-27H,4-21H2,1-3H3. The smallest absolute Gasteiger partial charge is 0.0648 e. The van der Waals surface area contributed by atoms with Crippen LogP contribution in [-0.2, 0) is 14.2 Å². The molecule has 30 heavy (non-hydrogen) atoms. The number of nitrogens with one attached hydrogen (secondary N) is 3. The molecule has 0 aromatic heterocycles. The van der Waals surface area contributed by atoms with Gasteiger partial charge in [-0.15, -0.1) is 0 Å². The van der Waals surface area contributed by atoms with Crippen molar-refractivity contribution in [3.8, 4) is 0 Å². The minimum Gasteiger partial charge on any atom is -0.383 e. The van der Waals surface area contributed by atoms with E-state index in [0.717, 1.165) is 71.9 Å². The van der Waals surface area contributed by atoms with Gasteiger partial charge in [0.15, 0.2) is 0 Å². The molecule has 0 aromatic carbocycles. The summed E-state index contributed by atoms with van der Waals surface area (Å²) in [7, 11) is 1.76. The van der Waals surface area contributed by atoms with Crippen LogP contribution in [0.25, 0.3) is 0 Å². The summed E-state index contributed by atoms with van der Waals surface area (Å²) in [5, 5.41) is 11.0. The van der Waals surface area contributed by atoms with Gasteiger partial charge in [0.25, 0.3) is 0 Å². The summed E-state index contributed by atoms with van der Waals surface area (Å²) < 4.78 is 17.3. The molecule has 2 fully saturated rings. The fourth-order valence-electron chi connectivity index (χ4n) is 4.84. The zero-order valence-corrected chi connectivity index (χ0v) is 20.0. The molecule has 0 heterocycles. The fraction of sp³-hybridized carbons (Fsp3) is 1.00. The Labute approximate surface area is 185 Å². The van der Waals surface area contributed by atoms with Gasteiger partial charge in [-0.1, -0.05) is 26.7 Å². The molecule has 1 atom stereocenters. The van der Waals surface area contributed by atoms with Crippen molar-refractivity contribution in [3.63, 3.8) is 0 Å². The largest absolute Gasteiger partial charge is 0.383 e. The van der Waals surface area contributed by atoms with Crippen molar-refractivity contribution in [1.29, 1.82) is 0 Å². The van der Waals surface area contributed by atoms with Crippen molar-refractivity contribution in [3.05, 3.63) is 0 Å². The molecule has 1 unspecified atom stereocenters. The topological polar surface area (TPSA) is 63.8 Å². The molecule has 6 heteroatoms. The van der Waals surface area contributed by atoms with Crippen LogP contribution in [-0.4, -0.2) is 76.9 Å². The van der Waals surface area contributed by atoms with Crippen molar-refractivity contribution >= 4 is 0 Å². The van der Waals surface area contributed by atoms with Crippen molar-refractivity contribution in [2.45, 2.75) is 95.2 Å². The van der Waals surface area contributed by atoms with Gasteiger partial charge in [0.1, 0.15) is 0 Å². The Hall–Kier alpha value is -0.240. The number of ether oxygens (including phenoxy) is 3. The molecule has 2 rings (SSSR count). The quantitative estimate of drug-likeness (QED) is 0.275. The first kappa shape index (κ1) is 26.0. The van der Waals surface area contributed by atoms with E-state index in [4.69, 9.17) is 14.2 Å². The maximum absolute atomic E-state index is 6.06. The van der Waals surface area contributed by atoms with E-state index in [1.165, 1.54) is 44.9 Å². The average molecular weight is 428 g/mol. The van der Waals surface area contributed by atoms with Crippen LogP contribution < -0.4 is 16.0 Å². The molecule has 2 aliphatic carbocycles. The van der Waals surface area contributed by atoms with Gasteiger partial charge in [0.2, 0.25) is 0 Å². The summed E-state index contributed by atoms with van der Waals surface area (Å²) in [5.74, 6) is 0. The van der Waals surface area contributed by atoms with Crippen LogP contribution in [0.2, 0.25) is 0 Å². The molecule has 178 valence electrons. The van der Waals surface area contributed by atoms with Crippen molar-refractivity contribution in [2.24, 2.45) is 0 Å². The Bertz CT molecular complexity index is 426. The number of hydrogen-bond acceptors (Lipinski definition) is 6. The molecule has 0 amide bonds. The molecule has 0 aromatic rings. The number of likely N-dealkylation sites (N-methyl/N-ethyl adjacent to an activating group) is 1. The van der Waals surface area contributed by atoms with Crippen LogP contribution in [0.1, 0.15) is 78.1 Å². The zero-order chi connectivity index (χ0) is 21.5. The van der Waals surface area contributed by atoms with Gasteiger partial charge >= 0.3 is 0 Å². The predicted molar refractivity (Wildman–Crippen MR) is 124 cm³/mol. The first-order valence-electron chi connectivity index (χ1n) is 12.6. The van der Waals surface area contributed by atoms with Gasteiger partial charge in [0.05, 0.1) is 19.8 Å². The van der Waals surface area contributed by atoms with Crippen molar-refractivity contribution in [1.82, 2.24) is 16.0 Å². The Morgan fingerprint density at radius 2 is 1.40 bits per heavy atom. The van der Waals surface area contributed by atoms with Gasteiger partial charge in [-0.25, -0.2) is 0 Å². The van der Waals surface area contributed by atoms with Crippen LogP contribution in [0.3, 0.4) is 0 Å². The maximum Gasteiger partial charge on any atom is 0.0648 e. The van der Waals surface area contributed by atoms with Crippen LogP contribution >= 0.6 is 0 Å². The third kappa shape index (κ3) is 9.09. The highest BCUT2D eigenvalue weighted by atomic mass is 16.5. The van der Waals surface area contributed by atoms with Crippen LogP contribution in [0.5, 0.6) is 0 Å². The molecule has 0 bridgehead atoms. The first-order chi connectivity index (χ1) is 14.7. The molecule has 0 saturated heterocycles. The molecule has 3 N–H and O–H groups in total. The van der Waals surface area contributed by atoms with E-state index in [1.54, 1.807) is 7.11 Å². The Morgan fingerprint density at radius 1 is 0.800 bits per heavy atom. The molecule has 2 saturated carbocycles. The van der Waals surface area contributed by atoms with Crippen LogP contribution in [0, 0.1) is 0 Å². The van der Waals surface area contributed by atoms with E-state index in [2.05, 4.69) is 29.8 Å². The highest BCUT2D eigenvalue weighted by Gasteiger charge is 2.36. The monoisotopic (exact) mass is 427 g/mol. The second kappa shape index (κ2) is 14.8.